The molecule has 2 aliphatic rings. The fourth-order valence-electron chi connectivity index (χ4n) is 6.09. The quantitative estimate of drug-likeness (QED) is 0.172. The second kappa shape index (κ2) is 10.7. The van der Waals surface area contributed by atoms with Crippen molar-refractivity contribution in [1.29, 1.82) is 0 Å². The molecule has 1 aliphatic heterocycles. The third-order valence-electron chi connectivity index (χ3n) is 8.14. The Morgan fingerprint density at radius 3 is 2.55 bits per heavy atom. The highest BCUT2D eigenvalue weighted by molar-refractivity contribution is 6.31. The number of rotatable bonds is 6. The Morgan fingerprint density at radius 2 is 1.65 bits per heavy atom. The third-order valence-corrected chi connectivity index (χ3v) is 8.51. The molecule has 0 aromatic heterocycles. The lowest BCUT2D eigenvalue weighted by Gasteiger charge is -2.37. The molecule has 3 nitrogen and oxygen atoms in total. The Morgan fingerprint density at radius 1 is 0.850 bits per heavy atom. The molecule has 0 radical (unpaired) electrons. The van der Waals surface area contributed by atoms with Gasteiger partial charge in [-0.1, -0.05) is 103 Å². The minimum atomic E-state index is 0.274. The minimum absolute atomic E-state index is 0.274. The van der Waals surface area contributed by atoms with Crippen molar-refractivity contribution in [3.8, 4) is 5.75 Å². The molecule has 1 N–H and O–H groups in total. The average Bonchev–Trinajstić information content (AvgIpc) is 3.50. The van der Waals surface area contributed by atoms with E-state index in [0.29, 0.717) is 23.5 Å². The van der Waals surface area contributed by atoms with Gasteiger partial charge in [-0.3, -0.25) is 4.99 Å². The zero-order valence-electron chi connectivity index (χ0n) is 22.0. The predicted molar refractivity (Wildman–Crippen MR) is 166 cm³/mol. The summed E-state index contributed by atoms with van der Waals surface area (Å²) in [5, 5.41) is 6.77. The molecule has 0 amide bonds. The lowest BCUT2D eigenvalue weighted by molar-refractivity contribution is 0.306. The molecule has 0 spiro atoms. The van der Waals surface area contributed by atoms with Crippen LogP contribution in [0.15, 0.2) is 126 Å². The van der Waals surface area contributed by atoms with Crippen molar-refractivity contribution in [2.24, 2.45) is 10.9 Å². The van der Waals surface area contributed by atoms with Gasteiger partial charge in [0.2, 0.25) is 0 Å². The Hall–Kier alpha value is -4.34. The van der Waals surface area contributed by atoms with Gasteiger partial charge in [0, 0.05) is 34.0 Å². The molecule has 7 rings (SSSR count). The number of halogens is 1. The predicted octanol–water partition coefficient (Wildman–Crippen LogP) is 9.65. The standard InChI is InChI=1S/C36H29ClN2O/c37-33-14-5-2-9-26(33)23-40-35-21-18-24-8-1-3-10-28(24)32(35)22-38-27-19-16-25(17-20-27)36-31-13-7-12-29(31)30-11-4-6-15-34(30)39-36/h1-12,14-22,29,31,36,39H,13,23H2/t29-,31-,36+/m1/s1. The maximum absolute atomic E-state index is 6.38. The van der Waals surface area contributed by atoms with Crippen LogP contribution in [0.3, 0.4) is 0 Å². The van der Waals surface area contributed by atoms with Gasteiger partial charge in [-0.15, -0.1) is 0 Å². The SMILES string of the molecule is Clc1ccccc1COc1ccc2ccccc2c1C=Nc1ccc([C@@H]2Nc3ccccc3[C@H]3C=CC[C@H]32)cc1. The number of anilines is 1. The summed E-state index contributed by atoms with van der Waals surface area (Å²) in [6.45, 7) is 0.391. The van der Waals surface area contributed by atoms with Crippen LogP contribution < -0.4 is 10.1 Å². The van der Waals surface area contributed by atoms with E-state index in [1.54, 1.807) is 0 Å². The first-order valence-corrected chi connectivity index (χ1v) is 14.2. The normalized spacial score (nSPS) is 19.4. The van der Waals surface area contributed by atoms with Gasteiger partial charge in [0.15, 0.2) is 0 Å². The van der Waals surface area contributed by atoms with Crippen molar-refractivity contribution < 1.29 is 4.74 Å². The first-order valence-electron chi connectivity index (χ1n) is 13.8. The molecular formula is C36H29ClN2O. The molecule has 0 fully saturated rings. The van der Waals surface area contributed by atoms with E-state index in [9.17, 15) is 0 Å². The molecule has 5 aromatic rings. The van der Waals surface area contributed by atoms with Crippen LogP contribution in [-0.4, -0.2) is 6.21 Å². The molecule has 4 heteroatoms. The van der Waals surface area contributed by atoms with Gasteiger partial charge in [-0.05, 0) is 64.6 Å². The Kier molecular flexibility index (Phi) is 6.59. The highest BCUT2D eigenvalue weighted by Gasteiger charge is 2.37. The molecule has 0 bridgehead atoms. The molecule has 3 atom stereocenters. The van der Waals surface area contributed by atoms with Crippen LogP contribution in [0.2, 0.25) is 5.02 Å². The zero-order chi connectivity index (χ0) is 26.9. The van der Waals surface area contributed by atoms with Gasteiger partial charge in [-0.25, -0.2) is 0 Å². The summed E-state index contributed by atoms with van der Waals surface area (Å²) < 4.78 is 6.28. The van der Waals surface area contributed by atoms with Crippen LogP contribution in [0.5, 0.6) is 5.75 Å². The van der Waals surface area contributed by atoms with Gasteiger partial charge >= 0.3 is 0 Å². The zero-order valence-corrected chi connectivity index (χ0v) is 22.8. The van der Waals surface area contributed by atoms with Gasteiger partial charge in [-0.2, -0.15) is 0 Å². The van der Waals surface area contributed by atoms with Crippen LogP contribution in [0.4, 0.5) is 11.4 Å². The topological polar surface area (TPSA) is 33.6 Å². The van der Waals surface area contributed by atoms with Crippen LogP contribution in [0, 0.1) is 5.92 Å². The molecular weight excluding hydrogens is 512 g/mol. The van der Waals surface area contributed by atoms with Crippen LogP contribution in [-0.2, 0) is 6.61 Å². The smallest absolute Gasteiger partial charge is 0.129 e. The van der Waals surface area contributed by atoms with E-state index >= 15 is 0 Å². The fourth-order valence-corrected chi connectivity index (χ4v) is 6.28. The third kappa shape index (κ3) is 4.67. The number of ether oxygens (including phenoxy) is 1. The summed E-state index contributed by atoms with van der Waals surface area (Å²) in [5.41, 5.74) is 6.75. The number of benzene rings is 5. The summed E-state index contributed by atoms with van der Waals surface area (Å²) in [4.78, 5) is 4.88. The lowest BCUT2D eigenvalue weighted by atomic mass is 9.77. The number of hydrogen-bond acceptors (Lipinski definition) is 3. The van der Waals surface area contributed by atoms with Gasteiger partial charge in [0.25, 0.3) is 0 Å². The van der Waals surface area contributed by atoms with Crippen molar-refractivity contribution in [2.75, 3.05) is 5.32 Å². The van der Waals surface area contributed by atoms with Crippen LogP contribution in [0.25, 0.3) is 10.8 Å². The summed E-state index contributed by atoms with van der Waals surface area (Å²) in [7, 11) is 0. The molecule has 0 saturated carbocycles. The van der Waals surface area contributed by atoms with E-state index in [1.807, 2.05) is 48.7 Å². The second-order valence-corrected chi connectivity index (χ2v) is 10.9. The molecule has 0 saturated heterocycles. The van der Waals surface area contributed by atoms with Crippen molar-refractivity contribution in [1.82, 2.24) is 0 Å². The van der Waals surface area contributed by atoms with Gasteiger partial charge in [0.1, 0.15) is 12.4 Å². The number of hydrogen-bond donors (Lipinski definition) is 1. The minimum Gasteiger partial charge on any atom is -0.488 e. The molecule has 0 unspecified atom stereocenters. The first-order chi connectivity index (χ1) is 19.7. The monoisotopic (exact) mass is 540 g/mol. The van der Waals surface area contributed by atoms with Crippen molar-refractivity contribution in [3.63, 3.8) is 0 Å². The number of fused-ring (bicyclic) bond motifs is 4. The van der Waals surface area contributed by atoms with Crippen molar-refractivity contribution in [3.05, 3.63) is 149 Å². The van der Waals surface area contributed by atoms with E-state index in [4.69, 9.17) is 21.3 Å². The number of nitrogens with zero attached hydrogens (tertiary/aromatic N) is 1. The summed E-state index contributed by atoms with van der Waals surface area (Å²) in [6.07, 6.45) is 7.73. The largest absolute Gasteiger partial charge is 0.488 e. The molecule has 1 heterocycles. The Balaban J connectivity index is 1.16. The molecule has 40 heavy (non-hydrogen) atoms. The van der Waals surface area contributed by atoms with E-state index < -0.39 is 0 Å². The Bertz CT molecular complexity index is 1740. The molecule has 196 valence electrons. The van der Waals surface area contributed by atoms with E-state index in [0.717, 1.165) is 39.8 Å². The highest BCUT2D eigenvalue weighted by Crippen LogP contribution is 2.49. The Labute approximate surface area is 239 Å². The van der Waals surface area contributed by atoms with Crippen molar-refractivity contribution >= 4 is 40.0 Å². The fraction of sp³-hybridized carbons (Fsp3) is 0.139. The lowest BCUT2D eigenvalue weighted by Crippen LogP contribution is -2.28. The van der Waals surface area contributed by atoms with Crippen LogP contribution >= 0.6 is 11.6 Å². The van der Waals surface area contributed by atoms with Crippen molar-refractivity contribution in [2.45, 2.75) is 25.0 Å². The maximum atomic E-state index is 6.38. The summed E-state index contributed by atoms with van der Waals surface area (Å²) in [5.74, 6) is 1.78. The van der Waals surface area contributed by atoms with Gasteiger partial charge in [0.05, 0.1) is 11.7 Å². The first kappa shape index (κ1) is 24.7. The highest BCUT2D eigenvalue weighted by atomic mass is 35.5. The number of nitrogens with one attached hydrogen (secondary N) is 1. The summed E-state index contributed by atoms with van der Waals surface area (Å²) in [6, 6.07) is 37.8. The molecule has 1 aliphatic carbocycles. The van der Waals surface area contributed by atoms with E-state index in [2.05, 4.69) is 84.2 Å². The van der Waals surface area contributed by atoms with Crippen LogP contribution in [0.1, 0.15) is 40.6 Å². The number of para-hydroxylation sites is 1. The van der Waals surface area contributed by atoms with Gasteiger partial charge < -0.3 is 10.1 Å². The summed E-state index contributed by atoms with van der Waals surface area (Å²) >= 11 is 6.38. The van der Waals surface area contributed by atoms with E-state index in [1.165, 1.54) is 16.8 Å². The average molecular weight is 541 g/mol. The number of aliphatic imine (C=N–C) groups is 1. The molecule has 5 aromatic carbocycles. The maximum Gasteiger partial charge on any atom is 0.129 e. The second-order valence-electron chi connectivity index (χ2n) is 10.5. The number of allylic oxidation sites excluding steroid dienone is 2. The van der Waals surface area contributed by atoms with E-state index in [-0.39, 0.29) is 6.04 Å².